The van der Waals surface area contributed by atoms with Gasteiger partial charge in [0, 0.05) is 16.7 Å². The predicted octanol–water partition coefficient (Wildman–Crippen LogP) is 1.61. The van der Waals surface area contributed by atoms with E-state index in [0.717, 1.165) is 0 Å². The minimum Gasteiger partial charge on any atom is -0.507 e. The second-order valence-electron chi connectivity index (χ2n) is 7.14. The number of carbonyl (C=O) groups is 2. The van der Waals surface area contributed by atoms with Gasteiger partial charge in [-0.05, 0) is 25.8 Å². The molecule has 2 atom stereocenters. The van der Waals surface area contributed by atoms with E-state index >= 15 is 0 Å². The number of aliphatic hydroxyl groups excluding tert-OH is 1. The van der Waals surface area contributed by atoms with Crippen LogP contribution in [0.2, 0.25) is 0 Å². The molecule has 2 aromatic carbocycles. The first-order chi connectivity index (χ1) is 12.7. The number of rotatable bonds is 1. The molecule has 0 radical (unpaired) electrons. The van der Waals surface area contributed by atoms with Crippen molar-refractivity contribution in [2.24, 2.45) is 0 Å². The minimum atomic E-state index is -1.53. The molecule has 0 aromatic heterocycles. The van der Waals surface area contributed by atoms with Crippen molar-refractivity contribution in [1.82, 2.24) is 0 Å². The van der Waals surface area contributed by atoms with Gasteiger partial charge in [-0.1, -0.05) is 12.1 Å². The molecule has 0 amide bonds. The molecule has 7 heteroatoms. The zero-order chi connectivity index (χ0) is 19.7. The van der Waals surface area contributed by atoms with Gasteiger partial charge in [-0.3, -0.25) is 9.59 Å². The van der Waals surface area contributed by atoms with Crippen molar-refractivity contribution in [3.8, 4) is 17.2 Å². The molecule has 4 rings (SSSR count). The summed E-state index contributed by atoms with van der Waals surface area (Å²) >= 11 is 0. The lowest BCUT2D eigenvalue weighted by atomic mass is 9.73. The molecule has 140 valence electrons. The summed E-state index contributed by atoms with van der Waals surface area (Å²) in [4.78, 5) is 26.1. The third kappa shape index (κ3) is 2.15. The second-order valence-corrected chi connectivity index (χ2v) is 7.14. The minimum absolute atomic E-state index is 0.0236. The maximum atomic E-state index is 13.1. The Morgan fingerprint density at radius 3 is 2.41 bits per heavy atom. The van der Waals surface area contributed by atoms with E-state index in [9.17, 15) is 30.0 Å². The zero-order valence-corrected chi connectivity index (χ0v) is 14.7. The molecule has 0 saturated heterocycles. The summed E-state index contributed by atoms with van der Waals surface area (Å²) in [5.74, 6) is -2.15. The van der Waals surface area contributed by atoms with Gasteiger partial charge < -0.3 is 25.2 Å². The summed E-state index contributed by atoms with van der Waals surface area (Å²) < 4.78 is 5.18. The smallest absolute Gasteiger partial charge is 0.202 e. The zero-order valence-electron chi connectivity index (χ0n) is 14.7. The molecular weight excluding hydrogens is 352 g/mol. The van der Waals surface area contributed by atoms with Crippen LogP contribution >= 0.6 is 0 Å². The first-order valence-corrected chi connectivity index (χ1v) is 8.48. The van der Waals surface area contributed by atoms with Gasteiger partial charge in [0.15, 0.2) is 5.78 Å². The molecule has 0 fully saturated rings. The Hall–Kier alpha value is -2.90. The normalized spacial score (nSPS) is 23.5. The molecule has 2 aromatic rings. The van der Waals surface area contributed by atoms with E-state index < -0.39 is 34.8 Å². The monoisotopic (exact) mass is 370 g/mol. The largest absolute Gasteiger partial charge is 0.507 e. The fraction of sp³-hybridized carbons (Fsp3) is 0.300. The number of aliphatic hydroxyl groups is 2. The van der Waals surface area contributed by atoms with Gasteiger partial charge in [0.05, 0.1) is 29.4 Å². The van der Waals surface area contributed by atoms with Crippen LogP contribution in [0.5, 0.6) is 17.2 Å². The average Bonchev–Trinajstić information content (AvgIpc) is 2.64. The van der Waals surface area contributed by atoms with Crippen molar-refractivity contribution < 1.29 is 34.8 Å². The average molecular weight is 370 g/mol. The number of ketones is 2. The van der Waals surface area contributed by atoms with E-state index in [2.05, 4.69) is 0 Å². The summed E-state index contributed by atoms with van der Waals surface area (Å²) in [6, 6.07) is 4.51. The SMILES string of the molecule is COc1cccc2c1C(=O)c1c(O)c3c(c(O)c1C2=O)[C@H](O)[C@](C)(O)CC3. The predicted molar refractivity (Wildman–Crippen MR) is 93.5 cm³/mol. The van der Waals surface area contributed by atoms with E-state index in [0.29, 0.717) is 0 Å². The quantitative estimate of drug-likeness (QED) is 0.480. The van der Waals surface area contributed by atoms with Crippen molar-refractivity contribution in [3.05, 3.63) is 51.6 Å². The maximum Gasteiger partial charge on any atom is 0.202 e. The number of aromatic hydroxyl groups is 2. The van der Waals surface area contributed by atoms with Gasteiger partial charge in [0.1, 0.15) is 23.4 Å². The molecule has 0 bridgehead atoms. The number of phenolic OH excluding ortho intramolecular Hbond substituents is 2. The molecule has 27 heavy (non-hydrogen) atoms. The highest BCUT2D eigenvalue weighted by Crippen LogP contribution is 2.51. The van der Waals surface area contributed by atoms with Crippen LogP contribution in [0.3, 0.4) is 0 Å². The van der Waals surface area contributed by atoms with Gasteiger partial charge in [0.2, 0.25) is 5.78 Å². The Kier molecular flexibility index (Phi) is 3.60. The number of phenols is 2. The summed E-state index contributed by atoms with van der Waals surface area (Å²) in [5.41, 5.74) is -2.10. The summed E-state index contributed by atoms with van der Waals surface area (Å²) in [5, 5.41) is 42.3. The van der Waals surface area contributed by atoms with Crippen LogP contribution < -0.4 is 4.74 Å². The topological polar surface area (TPSA) is 124 Å². The molecule has 7 nitrogen and oxygen atoms in total. The number of carbonyl (C=O) groups excluding carboxylic acids is 2. The van der Waals surface area contributed by atoms with E-state index in [4.69, 9.17) is 4.74 Å². The molecule has 0 unspecified atom stereocenters. The summed E-state index contributed by atoms with van der Waals surface area (Å²) in [6.45, 7) is 1.41. The van der Waals surface area contributed by atoms with Gasteiger partial charge in [0.25, 0.3) is 0 Å². The Labute approximate surface area is 154 Å². The number of methoxy groups -OCH3 is 1. The molecular formula is C20H18O7. The van der Waals surface area contributed by atoms with E-state index in [-0.39, 0.29) is 52.0 Å². The third-order valence-electron chi connectivity index (χ3n) is 5.51. The lowest BCUT2D eigenvalue weighted by Gasteiger charge is -2.37. The third-order valence-corrected chi connectivity index (χ3v) is 5.51. The molecule has 0 spiro atoms. The van der Waals surface area contributed by atoms with Crippen molar-refractivity contribution in [2.75, 3.05) is 7.11 Å². The summed E-state index contributed by atoms with van der Waals surface area (Å²) in [7, 11) is 1.37. The van der Waals surface area contributed by atoms with E-state index in [1.54, 1.807) is 6.07 Å². The Morgan fingerprint density at radius 1 is 1.07 bits per heavy atom. The molecule has 0 saturated carbocycles. The first kappa shape index (κ1) is 17.5. The van der Waals surface area contributed by atoms with Crippen LogP contribution in [0.15, 0.2) is 18.2 Å². The van der Waals surface area contributed by atoms with E-state index in [1.807, 2.05) is 0 Å². The van der Waals surface area contributed by atoms with Crippen LogP contribution in [-0.4, -0.2) is 44.7 Å². The lowest BCUT2D eigenvalue weighted by molar-refractivity contribution is -0.0763. The van der Waals surface area contributed by atoms with E-state index in [1.165, 1.54) is 26.2 Å². The van der Waals surface area contributed by atoms with Crippen molar-refractivity contribution in [1.29, 1.82) is 0 Å². The number of ether oxygens (including phenoxy) is 1. The van der Waals surface area contributed by atoms with Crippen molar-refractivity contribution in [3.63, 3.8) is 0 Å². The highest BCUT2D eigenvalue weighted by Gasteiger charge is 2.45. The van der Waals surface area contributed by atoms with Crippen molar-refractivity contribution in [2.45, 2.75) is 31.5 Å². The first-order valence-electron chi connectivity index (χ1n) is 8.48. The number of hydrogen-bond acceptors (Lipinski definition) is 7. The van der Waals surface area contributed by atoms with Crippen LogP contribution in [0.25, 0.3) is 0 Å². The highest BCUT2D eigenvalue weighted by molar-refractivity contribution is 6.31. The maximum absolute atomic E-state index is 13.1. The number of fused-ring (bicyclic) bond motifs is 3. The standard InChI is InChI=1S/C20H18O7/c1-20(26)7-6-9-12(19(20)25)18(24)14-13(16(9)22)17(23)11-8(15(14)21)4-3-5-10(11)27-2/h3-5,19,22,24-26H,6-7H2,1-2H3/t19-,20+/m0/s1. The van der Waals surface area contributed by atoms with Crippen LogP contribution in [0.4, 0.5) is 0 Å². The van der Waals surface area contributed by atoms with Gasteiger partial charge in [-0.2, -0.15) is 0 Å². The lowest BCUT2D eigenvalue weighted by Crippen LogP contribution is -2.38. The molecule has 0 heterocycles. The van der Waals surface area contributed by atoms with Crippen molar-refractivity contribution >= 4 is 11.6 Å². The molecule has 2 aliphatic carbocycles. The summed E-state index contributed by atoms with van der Waals surface area (Å²) in [6.07, 6.45) is -1.26. The Balaban J connectivity index is 2.07. The Bertz CT molecular complexity index is 1020. The van der Waals surface area contributed by atoms with Crippen LogP contribution in [0, 0.1) is 0 Å². The second kappa shape index (κ2) is 5.55. The highest BCUT2D eigenvalue weighted by atomic mass is 16.5. The van der Waals surface area contributed by atoms with Crippen LogP contribution in [-0.2, 0) is 6.42 Å². The fourth-order valence-electron chi connectivity index (χ4n) is 3.99. The van der Waals surface area contributed by atoms with Gasteiger partial charge >= 0.3 is 0 Å². The number of benzene rings is 2. The van der Waals surface area contributed by atoms with Gasteiger partial charge in [-0.25, -0.2) is 0 Å². The van der Waals surface area contributed by atoms with Gasteiger partial charge in [-0.15, -0.1) is 0 Å². The molecule has 2 aliphatic rings. The Morgan fingerprint density at radius 2 is 1.74 bits per heavy atom. The number of hydrogen-bond donors (Lipinski definition) is 4. The fourth-order valence-corrected chi connectivity index (χ4v) is 3.99. The molecule has 0 aliphatic heterocycles. The van der Waals surface area contributed by atoms with Crippen LogP contribution in [0.1, 0.15) is 62.4 Å². The molecule has 4 N–H and O–H groups in total.